The molecule has 1 fully saturated rings. The summed E-state index contributed by atoms with van der Waals surface area (Å²) in [7, 11) is 0. The summed E-state index contributed by atoms with van der Waals surface area (Å²) in [6.45, 7) is 2.07. The van der Waals surface area contributed by atoms with Crippen molar-refractivity contribution in [2.24, 2.45) is 11.8 Å². The number of likely N-dealkylation sites (tertiary alicyclic amines) is 1. The topological polar surface area (TPSA) is 69.7 Å². The van der Waals surface area contributed by atoms with Crippen LogP contribution in [0.2, 0.25) is 0 Å². The molecule has 164 valence electrons. The molecule has 1 N–H and O–H groups in total. The lowest BCUT2D eigenvalue weighted by atomic mass is 9.85. The maximum atomic E-state index is 12.5. The van der Waals surface area contributed by atoms with Gasteiger partial charge in [0.1, 0.15) is 6.54 Å². The van der Waals surface area contributed by atoms with Crippen molar-refractivity contribution < 1.29 is 14.4 Å². The molecule has 0 saturated carbocycles. The lowest BCUT2D eigenvalue weighted by Crippen LogP contribution is -2.40. The number of carbonyl (C=O) groups is 3. The van der Waals surface area contributed by atoms with Crippen LogP contribution in [0, 0.1) is 11.8 Å². The molecule has 0 radical (unpaired) electrons. The third kappa shape index (κ3) is 3.93. The van der Waals surface area contributed by atoms with E-state index in [0.717, 1.165) is 30.0 Å². The van der Waals surface area contributed by atoms with Gasteiger partial charge in [-0.2, -0.15) is 0 Å². The molecule has 5 rings (SSSR count). The van der Waals surface area contributed by atoms with E-state index < -0.39 is 0 Å². The van der Waals surface area contributed by atoms with Crippen LogP contribution in [-0.4, -0.2) is 35.7 Å². The number of nitrogens with one attached hydrogen (secondary N) is 1. The van der Waals surface area contributed by atoms with Crippen LogP contribution in [0.5, 0.6) is 0 Å². The number of carbonyl (C=O) groups excluding carboxylic acids is 3. The number of hydrogen-bond acceptors (Lipinski definition) is 4. The summed E-state index contributed by atoms with van der Waals surface area (Å²) in [5.74, 6) is -1.33. The van der Waals surface area contributed by atoms with Crippen LogP contribution in [0.3, 0.4) is 0 Å². The Morgan fingerprint density at radius 2 is 1.56 bits per heavy atom. The maximum absolute atomic E-state index is 12.5. The van der Waals surface area contributed by atoms with Gasteiger partial charge in [-0.05, 0) is 42.0 Å². The standard InChI is InChI=1S/C26H27N3O3/c30-24(17-29-25(31)21-6-2-3-7-22(21)26(29)32)27-15-18-9-11-19(12-10-18)16-28-14-13-20-5-1-4-8-23(20)28/h1-5,8-12,21-22H,6-7,13-17H2,(H,27,30)/t21-,22+. The molecule has 1 aliphatic carbocycles. The number of para-hydroxylation sites is 1. The number of hydrogen-bond donors (Lipinski definition) is 1. The van der Waals surface area contributed by atoms with Crippen molar-refractivity contribution >= 4 is 23.4 Å². The summed E-state index contributed by atoms with van der Waals surface area (Å²) in [6, 6.07) is 16.8. The molecule has 2 heterocycles. The van der Waals surface area contributed by atoms with E-state index in [1.54, 1.807) is 0 Å². The molecule has 6 heteroatoms. The van der Waals surface area contributed by atoms with Gasteiger partial charge >= 0.3 is 0 Å². The largest absolute Gasteiger partial charge is 0.367 e. The van der Waals surface area contributed by atoms with Gasteiger partial charge in [-0.1, -0.05) is 54.6 Å². The fourth-order valence-electron chi connectivity index (χ4n) is 4.98. The minimum absolute atomic E-state index is 0.197. The van der Waals surface area contributed by atoms with E-state index in [4.69, 9.17) is 0 Å². The molecular weight excluding hydrogens is 402 g/mol. The highest BCUT2D eigenvalue weighted by atomic mass is 16.2. The van der Waals surface area contributed by atoms with Crippen molar-refractivity contribution in [3.63, 3.8) is 0 Å². The number of amides is 3. The van der Waals surface area contributed by atoms with Crippen LogP contribution < -0.4 is 10.2 Å². The summed E-state index contributed by atoms with van der Waals surface area (Å²) >= 11 is 0. The Balaban J connectivity index is 1.13. The molecule has 3 amide bonds. The van der Waals surface area contributed by atoms with Gasteiger partial charge in [-0.25, -0.2) is 0 Å². The lowest BCUT2D eigenvalue weighted by molar-refractivity contribution is -0.143. The molecular formula is C26H27N3O3. The highest BCUT2D eigenvalue weighted by Crippen LogP contribution is 2.34. The Hall–Kier alpha value is -3.41. The summed E-state index contributed by atoms with van der Waals surface area (Å²) < 4.78 is 0. The highest BCUT2D eigenvalue weighted by Gasteiger charge is 2.47. The second-order valence-corrected chi connectivity index (χ2v) is 8.81. The predicted molar refractivity (Wildman–Crippen MR) is 122 cm³/mol. The maximum Gasteiger partial charge on any atom is 0.240 e. The summed E-state index contributed by atoms with van der Waals surface area (Å²) in [5, 5.41) is 2.84. The molecule has 0 spiro atoms. The van der Waals surface area contributed by atoms with Crippen LogP contribution in [0.15, 0.2) is 60.7 Å². The zero-order valence-corrected chi connectivity index (χ0v) is 18.0. The minimum atomic E-state index is -0.309. The first kappa shape index (κ1) is 20.5. The fraction of sp³-hybridized carbons (Fsp3) is 0.346. The predicted octanol–water partition coefficient (Wildman–Crippen LogP) is 2.82. The second kappa shape index (κ2) is 8.61. The highest BCUT2D eigenvalue weighted by molar-refractivity contribution is 6.07. The third-order valence-corrected chi connectivity index (χ3v) is 6.77. The Kier molecular flexibility index (Phi) is 5.52. The number of imide groups is 1. The van der Waals surface area contributed by atoms with Crippen LogP contribution in [-0.2, 0) is 33.9 Å². The van der Waals surface area contributed by atoms with Gasteiger partial charge in [0.05, 0.1) is 11.8 Å². The van der Waals surface area contributed by atoms with Crippen molar-refractivity contribution in [3.05, 3.63) is 77.4 Å². The average molecular weight is 430 g/mol. The Bertz CT molecular complexity index is 1050. The molecule has 0 aromatic heterocycles. The van der Waals surface area contributed by atoms with Gasteiger partial charge in [0.2, 0.25) is 17.7 Å². The summed E-state index contributed by atoms with van der Waals surface area (Å²) in [5.41, 5.74) is 4.92. The molecule has 2 aromatic carbocycles. The van der Waals surface area contributed by atoms with Crippen LogP contribution >= 0.6 is 0 Å². The van der Waals surface area contributed by atoms with E-state index in [0.29, 0.717) is 19.4 Å². The van der Waals surface area contributed by atoms with Gasteiger partial charge in [-0.3, -0.25) is 19.3 Å². The number of nitrogens with zero attached hydrogens (tertiary/aromatic N) is 2. The van der Waals surface area contributed by atoms with Crippen molar-refractivity contribution in [2.45, 2.75) is 32.4 Å². The summed E-state index contributed by atoms with van der Waals surface area (Å²) in [4.78, 5) is 40.9. The number of fused-ring (bicyclic) bond motifs is 2. The van der Waals surface area contributed by atoms with Crippen molar-refractivity contribution in [1.29, 1.82) is 0 Å². The van der Waals surface area contributed by atoms with Crippen LogP contribution in [0.25, 0.3) is 0 Å². The first-order valence-electron chi connectivity index (χ1n) is 11.3. The molecule has 2 aliphatic heterocycles. The zero-order chi connectivity index (χ0) is 22.1. The smallest absolute Gasteiger partial charge is 0.240 e. The molecule has 2 atom stereocenters. The normalized spacial score (nSPS) is 21.6. The van der Waals surface area contributed by atoms with Gasteiger partial charge in [0.15, 0.2) is 0 Å². The van der Waals surface area contributed by atoms with E-state index in [9.17, 15) is 14.4 Å². The van der Waals surface area contributed by atoms with Crippen molar-refractivity contribution in [3.8, 4) is 0 Å². The monoisotopic (exact) mass is 429 g/mol. The van der Waals surface area contributed by atoms with E-state index >= 15 is 0 Å². The SMILES string of the molecule is O=C(CN1C(=O)[C@H]2CC=CC[C@H]2C1=O)NCc1ccc(CN2CCc3ccccc32)cc1. The average Bonchev–Trinajstić information content (AvgIpc) is 3.33. The quantitative estimate of drug-likeness (QED) is 0.566. The van der Waals surface area contributed by atoms with Gasteiger partial charge in [-0.15, -0.1) is 0 Å². The molecule has 32 heavy (non-hydrogen) atoms. The second-order valence-electron chi connectivity index (χ2n) is 8.81. The van der Waals surface area contributed by atoms with Gasteiger partial charge < -0.3 is 10.2 Å². The van der Waals surface area contributed by atoms with E-state index in [-0.39, 0.29) is 36.1 Å². The first-order chi connectivity index (χ1) is 15.6. The number of anilines is 1. The third-order valence-electron chi connectivity index (χ3n) is 6.77. The van der Waals surface area contributed by atoms with Crippen LogP contribution in [0.4, 0.5) is 5.69 Å². The molecule has 0 bridgehead atoms. The van der Waals surface area contributed by atoms with Gasteiger partial charge in [0.25, 0.3) is 0 Å². The Morgan fingerprint density at radius 1 is 0.906 bits per heavy atom. The van der Waals surface area contributed by atoms with E-state index in [1.807, 2.05) is 24.3 Å². The van der Waals surface area contributed by atoms with E-state index in [2.05, 4.69) is 46.6 Å². The van der Waals surface area contributed by atoms with Crippen LogP contribution in [0.1, 0.15) is 29.5 Å². The number of allylic oxidation sites excluding steroid dienone is 2. The van der Waals surface area contributed by atoms with E-state index in [1.165, 1.54) is 16.8 Å². The zero-order valence-electron chi connectivity index (χ0n) is 18.0. The Labute approximate surface area is 187 Å². The molecule has 6 nitrogen and oxygen atoms in total. The fourth-order valence-corrected chi connectivity index (χ4v) is 4.98. The molecule has 1 saturated heterocycles. The number of rotatable bonds is 6. The lowest BCUT2D eigenvalue weighted by Gasteiger charge is -2.19. The molecule has 2 aromatic rings. The minimum Gasteiger partial charge on any atom is -0.367 e. The molecule has 0 unspecified atom stereocenters. The van der Waals surface area contributed by atoms with Crippen molar-refractivity contribution in [2.75, 3.05) is 18.0 Å². The summed E-state index contributed by atoms with van der Waals surface area (Å²) in [6.07, 6.45) is 6.15. The van der Waals surface area contributed by atoms with Gasteiger partial charge in [0, 0.05) is 25.3 Å². The van der Waals surface area contributed by atoms with Crippen molar-refractivity contribution in [1.82, 2.24) is 10.2 Å². The molecule has 3 aliphatic rings. The Morgan fingerprint density at radius 3 is 2.28 bits per heavy atom. The number of benzene rings is 2. The first-order valence-corrected chi connectivity index (χ1v) is 11.3.